The molecule has 2 aromatic carbocycles. The first-order valence-electron chi connectivity index (χ1n) is 10.5. The molecule has 174 valence electrons. The Morgan fingerprint density at radius 2 is 1.58 bits per heavy atom. The number of benzene rings is 2. The van der Waals surface area contributed by atoms with Crippen LogP contribution in [-0.2, 0) is 20.9 Å². The molecule has 3 rings (SSSR count). The summed E-state index contributed by atoms with van der Waals surface area (Å²) in [6.45, 7) is 2.01. The average Bonchev–Trinajstić information content (AvgIpc) is 3.08. The average molecular weight is 454 g/mol. The molecule has 0 spiro atoms. The van der Waals surface area contributed by atoms with Gasteiger partial charge in [-0.2, -0.15) is 0 Å². The summed E-state index contributed by atoms with van der Waals surface area (Å²) < 4.78 is 15.6. The van der Waals surface area contributed by atoms with Crippen LogP contribution in [0.2, 0.25) is 0 Å². The summed E-state index contributed by atoms with van der Waals surface area (Å²) in [4.78, 5) is 51.9. The minimum atomic E-state index is -0.665. The van der Waals surface area contributed by atoms with E-state index in [0.29, 0.717) is 35.7 Å². The first kappa shape index (κ1) is 23.8. The number of ether oxygens (including phenoxy) is 3. The van der Waals surface area contributed by atoms with Crippen LogP contribution in [0.15, 0.2) is 42.5 Å². The molecule has 0 fully saturated rings. The third kappa shape index (κ3) is 5.31. The topological polar surface area (TPSA) is 102 Å². The van der Waals surface area contributed by atoms with E-state index in [9.17, 15) is 19.2 Å². The second kappa shape index (κ2) is 10.6. The van der Waals surface area contributed by atoms with Gasteiger partial charge in [0, 0.05) is 19.6 Å². The molecule has 1 aliphatic heterocycles. The molecule has 1 aliphatic rings. The molecule has 0 bridgehead atoms. The molecule has 9 nitrogen and oxygen atoms in total. The van der Waals surface area contributed by atoms with Gasteiger partial charge in [-0.3, -0.25) is 24.1 Å². The van der Waals surface area contributed by atoms with Crippen LogP contribution in [0.1, 0.15) is 39.6 Å². The predicted molar refractivity (Wildman–Crippen MR) is 118 cm³/mol. The minimum absolute atomic E-state index is 0.109. The monoisotopic (exact) mass is 454 g/mol. The van der Waals surface area contributed by atoms with Crippen molar-refractivity contribution in [2.75, 3.05) is 33.9 Å². The van der Waals surface area contributed by atoms with Crippen LogP contribution in [0.3, 0.4) is 0 Å². The molecule has 0 radical (unpaired) electrons. The van der Waals surface area contributed by atoms with Gasteiger partial charge in [-0.15, -0.1) is 0 Å². The molecule has 0 saturated heterocycles. The van der Waals surface area contributed by atoms with Crippen molar-refractivity contribution in [2.24, 2.45) is 0 Å². The van der Waals surface area contributed by atoms with Crippen LogP contribution in [0.25, 0.3) is 0 Å². The van der Waals surface area contributed by atoms with Gasteiger partial charge in [-0.25, -0.2) is 0 Å². The van der Waals surface area contributed by atoms with Gasteiger partial charge in [0.05, 0.1) is 31.8 Å². The molecular formula is C24H26N2O7. The van der Waals surface area contributed by atoms with Gasteiger partial charge in [0.25, 0.3) is 17.7 Å². The van der Waals surface area contributed by atoms with Crippen molar-refractivity contribution in [2.45, 2.75) is 19.9 Å². The third-order valence-corrected chi connectivity index (χ3v) is 5.33. The van der Waals surface area contributed by atoms with E-state index in [1.807, 2.05) is 13.0 Å². The van der Waals surface area contributed by atoms with E-state index in [2.05, 4.69) is 0 Å². The zero-order chi connectivity index (χ0) is 24.0. The van der Waals surface area contributed by atoms with Gasteiger partial charge in [0.1, 0.15) is 0 Å². The first-order chi connectivity index (χ1) is 15.9. The predicted octanol–water partition coefficient (Wildman–Crippen LogP) is 2.28. The molecule has 2 aromatic rings. The largest absolute Gasteiger partial charge is 0.493 e. The number of carbonyl (C=O) groups is 4. The maximum absolute atomic E-state index is 12.5. The fourth-order valence-electron chi connectivity index (χ4n) is 3.53. The third-order valence-electron chi connectivity index (χ3n) is 5.33. The number of amides is 3. The quantitative estimate of drug-likeness (QED) is 0.401. The molecule has 0 aromatic heterocycles. The lowest BCUT2D eigenvalue weighted by molar-refractivity contribution is -0.152. The zero-order valence-corrected chi connectivity index (χ0v) is 18.8. The number of methoxy groups -OCH3 is 2. The standard InChI is InChI=1S/C24H26N2O7/c1-4-25(14-16-9-10-19(31-2)20(13-16)32-3)21(27)15-33-22(28)11-12-26-23(29)17-7-5-6-8-18(17)24(26)30/h5-10,13H,4,11-12,14-15H2,1-3H3. The highest BCUT2D eigenvalue weighted by atomic mass is 16.5. The van der Waals surface area contributed by atoms with Gasteiger partial charge >= 0.3 is 5.97 Å². The van der Waals surface area contributed by atoms with Crippen molar-refractivity contribution in [3.8, 4) is 11.5 Å². The van der Waals surface area contributed by atoms with Crippen LogP contribution < -0.4 is 9.47 Å². The molecule has 0 unspecified atom stereocenters. The maximum Gasteiger partial charge on any atom is 0.308 e. The molecule has 9 heteroatoms. The van der Waals surface area contributed by atoms with Crippen LogP contribution >= 0.6 is 0 Å². The Balaban J connectivity index is 1.50. The number of rotatable bonds is 10. The Hall–Kier alpha value is -3.88. The van der Waals surface area contributed by atoms with Gasteiger partial charge in [0.15, 0.2) is 18.1 Å². The second-order valence-corrected chi connectivity index (χ2v) is 7.32. The molecule has 1 heterocycles. The summed E-state index contributed by atoms with van der Waals surface area (Å²) in [5.74, 6) is -0.762. The van der Waals surface area contributed by atoms with Crippen LogP contribution in [0.5, 0.6) is 11.5 Å². The highest BCUT2D eigenvalue weighted by Crippen LogP contribution is 2.28. The maximum atomic E-state index is 12.5. The van der Waals surface area contributed by atoms with Crippen molar-refractivity contribution in [1.82, 2.24) is 9.80 Å². The number of likely N-dealkylation sites (N-methyl/N-ethyl adjacent to an activating group) is 1. The number of nitrogens with zero attached hydrogens (tertiary/aromatic N) is 2. The van der Waals surface area contributed by atoms with Crippen LogP contribution in [0, 0.1) is 0 Å². The second-order valence-electron chi connectivity index (χ2n) is 7.32. The number of hydrogen-bond donors (Lipinski definition) is 0. The van der Waals surface area contributed by atoms with Crippen molar-refractivity contribution in [3.63, 3.8) is 0 Å². The molecule has 0 atom stereocenters. The van der Waals surface area contributed by atoms with E-state index in [-0.39, 0.29) is 18.9 Å². The fourth-order valence-corrected chi connectivity index (χ4v) is 3.53. The minimum Gasteiger partial charge on any atom is -0.493 e. The van der Waals surface area contributed by atoms with E-state index < -0.39 is 24.4 Å². The van der Waals surface area contributed by atoms with Crippen LogP contribution in [-0.4, -0.2) is 67.4 Å². The lowest BCUT2D eigenvalue weighted by Crippen LogP contribution is -2.35. The number of carbonyl (C=O) groups excluding carboxylic acids is 4. The summed E-state index contributed by atoms with van der Waals surface area (Å²) in [6, 6.07) is 11.9. The Morgan fingerprint density at radius 1 is 0.939 bits per heavy atom. The van der Waals surface area contributed by atoms with Crippen molar-refractivity contribution in [1.29, 1.82) is 0 Å². The van der Waals surface area contributed by atoms with E-state index in [1.165, 1.54) is 7.11 Å². The molecule has 33 heavy (non-hydrogen) atoms. The highest BCUT2D eigenvalue weighted by Gasteiger charge is 2.35. The lowest BCUT2D eigenvalue weighted by Gasteiger charge is -2.21. The van der Waals surface area contributed by atoms with Crippen LogP contribution in [0.4, 0.5) is 0 Å². The number of fused-ring (bicyclic) bond motifs is 1. The summed E-state index contributed by atoms with van der Waals surface area (Å²) >= 11 is 0. The Labute approximate surface area is 191 Å². The molecule has 0 aliphatic carbocycles. The lowest BCUT2D eigenvalue weighted by atomic mass is 10.1. The molecule has 0 N–H and O–H groups in total. The van der Waals surface area contributed by atoms with Gasteiger partial charge in [-0.05, 0) is 36.8 Å². The van der Waals surface area contributed by atoms with Crippen molar-refractivity contribution >= 4 is 23.7 Å². The van der Waals surface area contributed by atoms with E-state index >= 15 is 0 Å². The highest BCUT2D eigenvalue weighted by molar-refractivity contribution is 6.21. The Morgan fingerprint density at radius 3 is 2.15 bits per heavy atom. The van der Waals surface area contributed by atoms with Gasteiger partial charge in [-0.1, -0.05) is 18.2 Å². The summed E-state index contributed by atoms with van der Waals surface area (Å²) in [6.07, 6.45) is -0.194. The molecule has 0 saturated carbocycles. The fraction of sp³-hybridized carbons (Fsp3) is 0.333. The van der Waals surface area contributed by atoms with Crippen molar-refractivity contribution < 1.29 is 33.4 Å². The first-order valence-corrected chi connectivity index (χ1v) is 10.5. The van der Waals surface area contributed by atoms with Gasteiger partial charge in [0.2, 0.25) is 0 Å². The number of hydrogen-bond acceptors (Lipinski definition) is 7. The SMILES string of the molecule is CCN(Cc1ccc(OC)c(OC)c1)C(=O)COC(=O)CCN1C(=O)c2ccccc2C1=O. The van der Waals surface area contributed by atoms with Crippen molar-refractivity contribution in [3.05, 3.63) is 59.2 Å². The number of imide groups is 1. The summed E-state index contributed by atoms with van der Waals surface area (Å²) in [7, 11) is 3.08. The summed E-state index contributed by atoms with van der Waals surface area (Å²) in [5, 5.41) is 0. The number of esters is 1. The van der Waals surface area contributed by atoms with E-state index in [1.54, 1.807) is 48.4 Å². The molecule has 3 amide bonds. The Kier molecular flexibility index (Phi) is 7.66. The summed E-state index contributed by atoms with van der Waals surface area (Å²) in [5.41, 5.74) is 1.47. The molecular weight excluding hydrogens is 428 g/mol. The zero-order valence-electron chi connectivity index (χ0n) is 18.8. The van der Waals surface area contributed by atoms with E-state index in [4.69, 9.17) is 14.2 Å². The normalized spacial score (nSPS) is 12.4. The van der Waals surface area contributed by atoms with E-state index in [0.717, 1.165) is 10.5 Å². The van der Waals surface area contributed by atoms with Gasteiger partial charge < -0.3 is 19.1 Å². The Bertz CT molecular complexity index is 1030. The smallest absolute Gasteiger partial charge is 0.308 e.